The lowest BCUT2D eigenvalue weighted by Gasteiger charge is -2.22. The first kappa shape index (κ1) is 16.0. The van der Waals surface area contributed by atoms with Crippen LogP contribution in [0.3, 0.4) is 0 Å². The van der Waals surface area contributed by atoms with Gasteiger partial charge in [0, 0.05) is 12.2 Å². The molecule has 1 aromatic rings. The van der Waals surface area contributed by atoms with E-state index in [4.69, 9.17) is 5.26 Å². The fourth-order valence-corrected chi connectivity index (χ4v) is 2.44. The second kappa shape index (κ2) is 7.55. The van der Waals surface area contributed by atoms with Gasteiger partial charge in [-0.1, -0.05) is 25.3 Å². The molecule has 1 saturated carbocycles. The van der Waals surface area contributed by atoms with Gasteiger partial charge in [-0.15, -0.1) is 0 Å². The summed E-state index contributed by atoms with van der Waals surface area (Å²) in [4.78, 5) is 12.0. The van der Waals surface area contributed by atoms with Crippen molar-refractivity contribution in [1.82, 2.24) is 5.32 Å². The minimum Gasteiger partial charge on any atom is -0.355 e. The van der Waals surface area contributed by atoms with Gasteiger partial charge in [-0.3, -0.25) is 4.79 Å². The average Bonchev–Trinajstić information content (AvgIpc) is 2.51. The molecule has 0 heterocycles. The normalized spacial score (nSPS) is 16.0. The highest BCUT2D eigenvalue weighted by molar-refractivity contribution is 5.97. The number of carbonyl (C=O) groups excluding carboxylic acids is 1. The minimum absolute atomic E-state index is 0.0585. The van der Waals surface area contributed by atoms with Crippen molar-refractivity contribution in [2.45, 2.75) is 38.1 Å². The molecule has 0 spiro atoms. The lowest BCUT2D eigenvalue weighted by atomic mass is 9.95. The highest BCUT2D eigenvalue weighted by atomic mass is 19.1. The minimum atomic E-state index is -0.791. The fourth-order valence-electron chi connectivity index (χ4n) is 2.44. The standard InChI is InChI=1S/C16H17F2N3O/c17-13-7-4-8-14(18)15(13)20-10-11(9-19)16(22)21-12-5-2-1-3-6-12/h4,7-8,10,12,20H,1-3,5-6H2,(H,21,22)/b11-10-. The Labute approximate surface area is 127 Å². The van der Waals surface area contributed by atoms with Crippen molar-refractivity contribution in [2.24, 2.45) is 0 Å². The summed E-state index contributed by atoms with van der Waals surface area (Å²) in [6, 6.07) is 5.22. The van der Waals surface area contributed by atoms with Crippen molar-refractivity contribution in [1.29, 1.82) is 5.26 Å². The fraction of sp³-hybridized carbons (Fsp3) is 0.375. The zero-order valence-electron chi connectivity index (χ0n) is 12.0. The molecule has 0 bridgehead atoms. The lowest BCUT2D eigenvalue weighted by Crippen LogP contribution is -2.37. The summed E-state index contributed by atoms with van der Waals surface area (Å²) in [5.41, 5.74) is -0.603. The van der Waals surface area contributed by atoms with Crippen LogP contribution in [0.5, 0.6) is 0 Å². The summed E-state index contributed by atoms with van der Waals surface area (Å²) in [5.74, 6) is -2.11. The van der Waals surface area contributed by atoms with Crippen molar-refractivity contribution in [3.63, 3.8) is 0 Å². The first-order valence-electron chi connectivity index (χ1n) is 7.23. The largest absolute Gasteiger partial charge is 0.355 e. The van der Waals surface area contributed by atoms with E-state index < -0.39 is 17.5 Å². The van der Waals surface area contributed by atoms with E-state index in [2.05, 4.69) is 10.6 Å². The molecule has 6 heteroatoms. The molecule has 4 nitrogen and oxygen atoms in total. The number of hydrogen-bond acceptors (Lipinski definition) is 3. The molecule has 1 fully saturated rings. The van der Waals surface area contributed by atoms with Crippen molar-refractivity contribution < 1.29 is 13.6 Å². The van der Waals surface area contributed by atoms with E-state index in [9.17, 15) is 13.6 Å². The second-order valence-electron chi connectivity index (χ2n) is 5.22. The van der Waals surface area contributed by atoms with Crippen LogP contribution in [-0.2, 0) is 4.79 Å². The molecule has 0 saturated heterocycles. The van der Waals surface area contributed by atoms with Crippen molar-refractivity contribution in [2.75, 3.05) is 5.32 Å². The maximum Gasteiger partial charge on any atom is 0.263 e. The lowest BCUT2D eigenvalue weighted by molar-refractivity contribution is -0.118. The quantitative estimate of drug-likeness (QED) is 0.663. The summed E-state index contributed by atoms with van der Waals surface area (Å²) in [6.07, 6.45) is 6.06. The number of nitrogens with zero attached hydrogens (tertiary/aromatic N) is 1. The van der Waals surface area contributed by atoms with Gasteiger partial charge in [0.25, 0.3) is 5.91 Å². The number of anilines is 1. The Morgan fingerprint density at radius 1 is 1.23 bits per heavy atom. The topological polar surface area (TPSA) is 64.9 Å². The molecule has 22 heavy (non-hydrogen) atoms. The highest BCUT2D eigenvalue weighted by Crippen LogP contribution is 2.19. The third-order valence-corrected chi connectivity index (χ3v) is 3.63. The van der Waals surface area contributed by atoms with Gasteiger partial charge in [-0.2, -0.15) is 5.26 Å². The van der Waals surface area contributed by atoms with Gasteiger partial charge in [-0.05, 0) is 25.0 Å². The third kappa shape index (κ3) is 4.04. The Kier molecular flexibility index (Phi) is 5.48. The Hall–Kier alpha value is -2.42. The van der Waals surface area contributed by atoms with Gasteiger partial charge in [0.1, 0.15) is 29.0 Å². The third-order valence-electron chi connectivity index (χ3n) is 3.63. The zero-order chi connectivity index (χ0) is 15.9. The van der Waals surface area contributed by atoms with E-state index in [1.54, 1.807) is 6.07 Å². The molecule has 1 amide bonds. The second-order valence-corrected chi connectivity index (χ2v) is 5.22. The number of halogens is 2. The van der Waals surface area contributed by atoms with Crippen LogP contribution in [-0.4, -0.2) is 11.9 Å². The van der Waals surface area contributed by atoms with Crippen LogP contribution in [0.1, 0.15) is 32.1 Å². The van der Waals surface area contributed by atoms with Crippen LogP contribution in [0.25, 0.3) is 0 Å². The Bertz CT molecular complexity index is 596. The first-order valence-corrected chi connectivity index (χ1v) is 7.23. The van der Waals surface area contributed by atoms with E-state index in [0.717, 1.165) is 50.4 Å². The Morgan fingerprint density at radius 3 is 2.45 bits per heavy atom. The molecule has 0 radical (unpaired) electrons. The molecule has 0 aliphatic heterocycles. The van der Waals surface area contributed by atoms with E-state index in [0.29, 0.717) is 0 Å². The van der Waals surface area contributed by atoms with Crippen LogP contribution >= 0.6 is 0 Å². The van der Waals surface area contributed by atoms with Crippen LogP contribution in [0.4, 0.5) is 14.5 Å². The van der Waals surface area contributed by atoms with E-state index in [1.165, 1.54) is 6.07 Å². The van der Waals surface area contributed by atoms with Crippen LogP contribution < -0.4 is 10.6 Å². The van der Waals surface area contributed by atoms with Gasteiger partial charge in [0.15, 0.2) is 0 Å². The molecule has 2 N–H and O–H groups in total. The van der Waals surface area contributed by atoms with Crippen molar-refractivity contribution >= 4 is 11.6 Å². The number of benzene rings is 1. The number of nitrogens with one attached hydrogen (secondary N) is 2. The van der Waals surface area contributed by atoms with Crippen molar-refractivity contribution in [3.8, 4) is 6.07 Å². The maximum atomic E-state index is 13.5. The summed E-state index contributed by atoms with van der Waals surface area (Å²) >= 11 is 0. The number of amides is 1. The number of nitriles is 1. The summed E-state index contributed by atoms with van der Waals surface area (Å²) < 4.78 is 26.9. The molecule has 0 unspecified atom stereocenters. The predicted octanol–water partition coefficient (Wildman–Crippen LogP) is 3.23. The number of carbonyl (C=O) groups is 1. The summed E-state index contributed by atoms with van der Waals surface area (Å²) in [5, 5.41) is 14.2. The van der Waals surface area contributed by atoms with E-state index >= 15 is 0 Å². The van der Waals surface area contributed by atoms with E-state index in [-0.39, 0.29) is 17.3 Å². The van der Waals surface area contributed by atoms with E-state index in [1.807, 2.05) is 0 Å². The van der Waals surface area contributed by atoms with Crippen LogP contribution in [0.2, 0.25) is 0 Å². The van der Waals surface area contributed by atoms with Gasteiger partial charge in [0.2, 0.25) is 0 Å². The van der Waals surface area contributed by atoms with Crippen LogP contribution in [0, 0.1) is 23.0 Å². The number of rotatable bonds is 4. The van der Waals surface area contributed by atoms with Gasteiger partial charge in [0.05, 0.1) is 0 Å². The molecule has 1 aliphatic rings. The van der Waals surface area contributed by atoms with Gasteiger partial charge < -0.3 is 10.6 Å². The van der Waals surface area contributed by atoms with Gasteiger partial charge >= 0.3 is 0 Å². The molecule has 0 aromatic heterocycles. The number of hydrogen-bond donors (Lipinski definition) is 2. The van der Waals surface area contributed by atoms with Gasteiger partial charge in [-0.25, -0.2) is 8.78 Å². The molecular formula is C16H17F2N3O. The maximum absolute atomic E-state index is 13.5. The average molecular weight is 305 g/mol. The molecule has 2 rings (SSSR count). The summed E-state index contributed by atoms with van der Waals surface area (Å²) in [7, 11) is 0. The monoisotopic (exact) mass is 305 g/mol. The summed E-state index contributed by atoms with van der Waals surface area (Å²) in [6.45, 7) is 0. The molecule has 0 atom stereocenters. The zero-order valence-corrected chi connectivity index (χ0v) is 12.0. The first-order chi connectivity index (χ1) is 10.6. The molecule has 1 aliphatic carbocycles. The smallest absolute Gasteiger partial charge is 0.263 e. The van der Waals surface area contributed by atoms with Crippen molar-refractivity contribution in [3.05, 3.63) is 41.6 Å². The predicted molar refractivity (Wildman–Crippen MR) is 78.7 cm³/mol. The molecular weight excluding hydrogens is 288 g/mol. The Balaban J connectivity index is 2.04. The molecule has 116 valence electrons. The molecule has 1 aromatic carbocycles. The van der Waals surface area contributed by atoms with Crippen LogP contribution in [0.15, 0.2) is 30.0 Å². The Morgan fingerprint density at radius 2 is 1.86 bits per heavy atom. The highest BCUT2D eigenvalue weighted by Gasteiger charge is 2.18. The number of para-hydroxylation sites is 1. The SMILES string of the molecule is N#C/C(=C/Nc1c(F)cccc1F)C(=O)NC1CCCCC1.